The third kappa shape index (κ3) is 8.08. The van der Waals surface area contributed by atoms with Crippen LogP contribution in [0, 0.1) is 0 Å². The summed E-state index contributed by atoms with van der Waals surface area (Å²) in [6, 6.07) is 8.28. The van der Waals surface area contributed by atoms with Crippen LogP contribution in [-0.4, -0.2) is 38.7 Å². The van der Waals surface area contributed by atoms with Crippen molar-refractivity contribution in [2.45, 2.75) is 45.6 Å². The fraction of sp³-hybridized carbons (Fsp3) is 0.667. The zero-order valence-electron chi connectivity index (χ0n) is 14.0. The van der Waals surface area contributed by atoms with Crippen molar-refractivity contribution in [3.05, 3.63) is 29.8 Å². The highest BCUT2D eigenvalue weighted by Crippen LogP contribution is 2.18. The van der Waals surface area contributed by atoms with E-state index in [1.807, 2.05) is 12.1 Å². The topological polar surface area (TPSA) is 24.5 Å². The summed E-state index contributed by atoms with van der Waals surface area (Å²) in [5.74, 6) is 0.992. The molecule has 3 nitrogen and oxygen atoms in total. The molecule has 0 amide bonds. The van der Waals surface area contributed by atoms with Crippen LogP contribution in [0.5, 0.6) is 5.75 Å². The molecule has 0 aliphatic rings. The van der Waals surface area contributed by atoms with Crippen LogP contribution in [0.2, 0.25) is 0 Å². The lowest BCUT2D eigenvalue weighted by atomic mass is 10.1. The SMILES string of the molecule is CCCNCCCCCCN(C)Cc1ccccc1OC. The molecule has 0 aliphatic heterocycles. The Balaban J connectivity index is 2.10. The Morgan fingerprint density at radius 1 is 1.05 bits per heavy atom. The van der Waals surface area contributed by atoms with Gasteiger partial charge in [-0.1, -0.05) is 38.0 Å². The van der Waals surface area contributed by atoms with Crippen molar-refractivity contribution in [2.24, 2.45) is 0 Å². The van der Waals surface area contributed by atoms with Gasteiger partial charge >= 0.3 is 0 Å². The number of ether oxygens (including phenoxy) is 1. The monoisotopic (exact) mass is 292 g/mol. The summed E-state index contributed by atoms with van der Waals surface area (Å²) >= 11 is 0. The smallest absolute Gasteiger partial charge is 0.123 e. The second-order valence-corrected chi connectivity index (χ2v) is 5.71. The van der Waals surface area contributed by atoms with Crippen molar-refractivity contribution in [2.75, 3.05) is 33.8 Å². The molecule has 0 aliphatic carbocycles. The van der Waals surface area contributed by atoms with E-state index in [1.165, 1.54) is 44.2 Å². The first-order valence-electron chi connectivity index (χ1n) is 8.29. The maximum Gasteiger partial charge on any atom is 0.123 e. The highest BCUT2D eigenvalue weighted by molar-refractivity contribution is 5.32. The quantitative estimate of drug-likeness (QED) is 0.595. The molecule has 1 rings (SSSR count). The highest BCUT2D eigenvalue weighted by Gasteiger charge is 2.05. The fourth-order valence-corrected chi connectivity index (χ4v) is 2.49. The maximum atomic E-state index is 5.40. The standard InChI is InChI=1S/C18H32N2O/c1-4-13-19-14-9-5-6-10-15-20(2)16-17-11-7-8-12-18(17)21-3/h7-8,11-12,19H,4-6,9-10,13-16H2,1-3H3. The summed E-state index contributed by atoms with van der Waals surface area (Å²) in [7, 11) is 3.93. The Labute approximate surface area is 130 Å². The Morgan fingerprint density at radius 3 is 2.57 bits per heavy atom. The van der Waals surface area contributed by atoms with Crippen LogP contribution in [-0.2, 0) is 6.54 Å². The molecule has 0 bridgehead atoms. The highest BCUT2D eigenvalue weighted by atomic mass is 16.5. The van der Waals surface area contributed by atoms with Crippen LogP contribution in [0.3, 0.4) is 0 Å². The fourth-order valence-electron chi connectivity index (χ4n) is 2.49. The van der Waals surface area contributed by atoms with Gasteiger partial charge in [-0.15, -0.1) is 0 Å². The number of nitrogens with one attached hydrogen (secondary N) is 1. The Kier molecular flexibility index (Phi) is 9.92. The third-order valence-electron chi connectivity index (χ3n) is 3.70. The molecule has 1 aromatic rings. The summed E-state index contributed by atoms with van der Waals surface area (Å²) < 4.78 is 5.40. The number of hydrogen-bond acceptors (Lipinski definition) is 3. The number of benzene rings is 1. The molecule has 3 heteroatoms. The van der Waals surface area contributed by atoms with E-state index in [0.29, 0.717) is 0 Å². The maximum absolute atomic E-state index is 5.40. The summed E-state index contributed by atoms with van der Waals surface area (Å²) in [6.07, 6.45) is 6.46. The molecule has 0 aromatic heterocycles. The Morgan fingerprint density at radius 2 is 1.81 bits per heavy atom. The molecule has 0 radical (unpaired) electrons. The van der Waals surface area contributed by atoms with E-state index in [-0.39, 0.29) is 0 Å². The Hall–Kier alpha value is -1.06. The normalized spacial score (nSPS) is 11.0. The molecular weight excluding hydrogens is 260 g/mol. The van der Waals surface area contributed by atoms with E-state index in [0.717, 1.165) is 25.4 Å². The van der Waals surface area contributed by atoms with Crippen molar-refractivity contribution in [3.8, 4) is 5.75 Å². The number of methoxy groups -OCH3 is 1. The van der Waals surface area contributed by atoms with Crippen molar-refractivity contribution in [1.29, 1.82) is 0 Å². The van der Waals surface area contributed by atoms with Crippen LogP contribution >= 0.6 is 0 Å². The average Bonchev–Trinajstić information content (AvgIpc) is 2.50. The predicted molar refractivity (Wildman–Crippen MR) is 91.0 cm³/mol. The first kappa shape index (κ1) is 18.0. The molecule has 0 spiro atoms. The summed E-state index contributed by atoms with van der Waals surface area (Å²) in [5, 5.41) is 3.46. The molecule has 0 fully saturated rings. The van der Waals surface area contributed by atoms with Gasteiger partial charge in [0.05, 0.1) is 7.11 Å². The van der Waals surface area contributed by atoms with Gasteiger partial charge in [-0.2, -0.15) is 0 Å². The van der Waals surface area contributed by atoms with Crippen molar-refractivity contribution in [1.82, 2.24) is 10.2 Å². The predicted octanol–water partition coefficient (Wildman–Crippen LogP) is 3.69. The molecule has 0 unspecified atom stereocenters. The minimum atomic E-state index is 0.960. The van der Waals surface area contributed by atoms with Gasteiger partial charge in [0.25, 0.3) is 0 Å². The van der Waals surface area contributed by atoms with Crippen LogP contribution in [0.4, 0.5) is 0 Å². The number of para-hydroxylation sites is 1. The van der Waals surface area contributed by atoms with Gasteiger partial charge in [-0.05, 0) is 52.0 Å². The van der Waals surface area contributed by atoms with E-state index in [9.17, 15) is 0 Å². The van der Waals surface area contributed by atoms with Gasteiger partial charge in [0, 0.05) is 12.1 Å². The van der Waals surface area contributed by atoms with E-state index < -0.39 is 0 Å². The van der Waals surface area contributed by atoms with Crippen molar-refractivity contribution in [3.63, 3.8) is 0 Å². The summed E-state index contributed by atoms with van der Waals surface area (Å²) in [5.41, 5.74) is 1.27. The molecule has 0 heterocycles. The van der Waals surface area contributed by atoms with Gasteiger partial charge in [-0.25, -0.2) is 0 Å². The lowest BCUT2D eigenvalue weighted by Gasteiger charge is -2.18. The van der Waals surface area contributed by atoms with Crippen molar-refractivity contribution >= 4 is 0 Å². The molecule has 21 heavy (non-hydrogen) atoms. The largest absolute Gasteiger partial charge is 0.496 e. The van der Waals surface area contributed by atoms with Gasteiger partial charge in [0.2, 0.25) is 0 Å². The van der Waals surface area contributed by atoms with E-state index in [4.69, 9.17) is 4.74 Å². The van der Waals surface area contributed by atoms with E-state index >= 15 is 0 Å². The zero-order chi connectivity index (χ0) is 15.3. The molecule has 1 aromatic carbocycles. The van der Waals surface area contributed by atoms with Gasteiger partial charge < -0.3 is 15.0 Å². The minimum absolute atomic E-state index is 0.960. The summed E-state index contributed by atoms with van der Waals surface area (Å²) in [4.78, 5) is 2.38. The molecule has 0 saturated carbocycles. The van der Waals surface area contributed by atoms with Crippen LogP contribution in [0.25, 0.3) is 0 Å². The number of nitrogens with zero attached hydrogens (tertiary/aromatic N) is 1. The lowest BCUT2D eigenvalue weighted by Crippen LogP contribution is -2.19. The van der Waals surface area contributed by atoms with Crippen molar-refractivity contribution < 1.29 is 4.74 Å². The molecular formula is C18H32N2O. The first-order chi connectivity index (χ1) is 10.3. The van der Waals surface area contributed by atoms with Gasteiger partial charge in [0.1, 0.15) is 5.75 Å². The second-order valence-electron chi connectivity index (χ2n) is 5.71. The first-order valence-corrected chi connectivity index (χ1v) is 8.29. The minimum Gasteiger partial charge on any atom is -0.496 e. The van der Waals surface area contributed by atoms with Crippen LogP contribution in [0.15, 0.2) is 24.3 Å². The van der Waals surface area contributed by atoms with Gasteiger partial charge in [-0.3, -0.25) is 0 Å². The van der Waals surface area contributed by atoms with Gasteiger partial charge in [0.15, 0.2) is 0 Å². The van der Waals surface area contributed by atoms with E-state index in [2.05, 4.69) is 36.3 Å². The summed E-state index contributed by atoms with van der Waals surface area (Å²) in [6.45, 7) is 6.65. The van der Waals surface area contributed by atoms with E-state index in [1.54, 1.807) is 7.11 Å². The second kappa shape index (κ2) is 11.6. The molecule has 120 valence electrons. The molecule has 0 saturated heterocycles. The number of rotatable bonds is 12. The van der Waals surface area contributed by atoms with Crippen LogP contribution in [0.1, 0.15) is 44.6 Å². The molecule has 1 N–H and O–H groups in total. The Bertz CT molecular complexity index is 368. The zero-order valence-corrected chi connectivity index (χ0v) is 14.0. The lowest BCUT2D eigenvalue weighted by molar-refractivity contribution is 0.308. The number of hydrogen-bond donors (Lipinski definition) is 1. The third-order valence-corrected chi connectivity index (χ3v) is 3.70. The molecule has 0 atom stereocenters. The number of unbranched alkanes of at least 4 members (excludes halogenated alkanes) is 3. The van der Waals surface area contributed by atoms with Crippen LogP contribution < -0.4 is 10.1 Å². The average molecular weight is 292 g/mol.